The lowest BCUT2D eigenvalue weighted by molar-refractivity contribution is 0.0970. The van der Waals surface area contributed by atoms with E-state index in [0.717, 1.165) is 40.9 Å². The Balaban J connectivity index is 2.08. The molecule has 3 rings (SSSR count). The highest BCUT2D eigenvalue weighted by Crippen LogP contribution is 2.35. The maximum atomic E-state index is 13.4. The second kappa shape index (κ2) is 8.97. The molecule has 0 spiro atoms. The summed E-state index contributed by atoms with van der Waals surface area (Å²) in [5.74, 6) is -0.635. The standard InChI is InChI=1S/C24H27N3O3/c1-5-26-23(15(2)3)17-7-11-21-16(12-17)6-8-18(14-25-4)27(21)24(30)20-10-9-19(28)13-22(20)29/h5,7,9-13,18,25,28-29H,1-2,6,8,14H2,3-4H3. The number of rotatable bonds is 6. The first-order valence-corrected chi connectivity index (χ1v) is 9.85. The van der Waals surface area contributed by atoms with Gasteiger partial charge in [0.1, 0.15) is 11.5 Å². The Hall–Kier alpha value is -3.38. The average Bonchev–Trinajstić information content (AvgIpc) is 2.71. The molecule has 0 fully saturated rings. The lowest BCUT2D eigenvalue weighted by Gasteiger charge is -2.37. The minimum atomic E-state index is -0.304. The Kier molecular flexibility index (Phi) is 6.37. The van der Waals surface area contributed by atoms with E-state index in [1.165, 1.54) is 24.4 Å². The number of hydrogen-bond acceptors (Lipinski definition) is 5. The Morgan fingerprint density at radius 1 is 1.30 bits per heavy atom. The van der Waals surface area contributed by atoms with Crippen LogP contribution in [0.2, 0.25) is 0 Å². The summed E-state index contributed by atoms with van der Waals surface area (Å²) in [5.41, 5.74) is 4.52. The van der Waals surface area contributed by atoms with Crippen molar-refractivity contribution in [1.29, 1.82) is 0 Å². The highest BCUT2D eigenvalue weighted by molar-refractivity contribution is 6.13. The van der Waals surface area contributed by atoms with E-state index in [4.69, 9.17) is 0 Å². The van der Waals surface area contributed by atoms with E-state index in [2.05, 4.69) is 23.5 Å². The van der Waals surface area contributed by atoms with Crippen LogP contribution in [0.25, 0.3) is 0 Å². The highest BCUT2D eigenvalue weighted by atomic mass is 16.3. The number of aliphatic imine (C=N–C) groups is 1. The first kappa shape index (κ1) is 21.3. The largest absolute Gasteiger partial charge is 0.508 e. The topological polar surface area (TPSA) is 85.2 Å². The fourth-order valence-electron chi connectivity index (χ4n) is 3.87. The first-order chi connectivity index (χ1) is 14.4. The van der Waals surface area contributed by atoms with Crippen LogP contribution in [-0.2, 0) is 6.42 Å². The monoisotopic (exact) mass is 405 g/mol. The number of anilines is 1. The lowest BCUT2D eigenvalue weighted by Crippen LogP contribution is -2.48. The molecule has 2 aromatic carbocycles. The SMILES string of the molecule is C=CN=C(C(=C)C)c1ccc2c(c1)CCC(CNC)N2C(=O)c1ccc(O)cc1O. The number of carbonyl (C=O) groups excluding carboxylic acids is 1. The molecule has 0 aromatic heterocycles. The van der Waals surface area contributed by atoms with E-state index in [1.54, 1.807) is 4.90 Å². The second-order valence-corrected chi connectivity index (χ2v) is 7.41. The normalized spacial score (nSPS) is 16.1. The van der Waals surface area contributed by atoms with Crippen molar-refractivity contribution in [1.82, 2.24) is 5.32 Å². The zero-order chi connectivity index (χ0) is 21.8. The van der Waals surface area contributed by atoms with Crippen LogP contribution >= 0.6 is 0 Å². The zero-order valence-corrected chi connectivity index (χ0v) is 17.4. The van der Waals surface area contributed by atoms with Crippen molar-refractivity contribution in [2.75, 3.05) is 18.5 Å². The lowest BCUT2D eigenvalue weighted by atomic mass is 9.91. The third-order valence-electron chi connectivity index (χ3n) is 5.22. The van der Waals surface area contributed by atoms with E-state index >= 15 is 0 Å². The van der Waals surface area contributed by atoms with Crippen LogP contribution in [0.5, 0.6) is 11.5 Å². The molecular weight excluding hydrogens is 378 g/mol. The molecule has 2 aromatic rings. The minimum absolute atomic E-state index is 0.0588. The molecule has 1 amide bonds. The van der Waals surface area contributed by atoms with Gasteiger partial charge >= 0.3 is 0 Å². The quantitative estimate of drug-likeness (QED) is 0.639. The number of nitrogens with zero attached hydrogens (tertiary/aromatic N) is 2. The summed E-state index contributed by atoms with van der Waals surface area (Å²) >= 11 is 0. The number of allylic oxidation sites excluding steroid dienone is 1. The van der Waals surface area contributed by atoms with Gasteiger partial charge in [-0.15, -0.1) is 0 Å². The molecule has 0 aliphatic carbocycles. The molecule has 3 N–H and O–H groups in total. The van der Waals surface area contributed by atoms with E-state index < -0.39 is 0 Å². The molecule has 156 valence electrons. The van der Waals surface area contributed by atoms with Gasteiger partial charge in [-0.05, 0) is 62.2 Å². The van der Waals surface area contributed by atoms with Gasteiger partial charge in [-0.3, -0.25) is 9.79 Å². The van der Waals surface area contributed by atoms with Crippen molar-refractivity contribution in [3.8, 4) is 11.5 Å². The first-order valence-electron chi connectivity index (χ1n) is 9.85. The molecule has 1 heterocycles. The predicted octanol–water partition coefficient (Wildman–Crippen LogP) is 3.79. The highest BCUT2D eigenvalue weighted by Gasteiger charge is 2.32. The summed E-state index contributed by atoms with van der Waals surface area (Å²) < 4.78 is 0. The Morgan fingerprint density at radius 3 is 2.70 bits per heavy atom. The number of fused-ring (bicyclic) bond motifs is 1. The van der Waals surface area contributed by atoms with Gasteiger partial charge in [0, 0.05) is 30.1 Å². The Labute approximate surface area is 176 Å². The van der Waals surface area contributed by atoms with Crippen molar-refractivity contribution < 1.29 is 15.0 Å². The number of carbonyl (C=O) groups is 1. The van der Waals surface area contributed by atoms with Crippen LogP contribution in [0.4, 0.5) is 5.69 Å². The third kappa shape index (κ3) is 4.14. The van der Waals surface area contributed by atoms with Gasteiger partial charge in [0.2, 0.25) is 0 Å². The number of aryl methyl sites for hydroxylation is 1. The van der Waals surface area contributed by atoms with Gasteiger partial charge in [0.05, 0.1) is 17.3 Å². The maximum Gasteiger partial charge on any atom is 0.262 e. The fraction of sp³-hybridized carbons (Fsp3) is 0.250. The Morgan fingerprint density at radius 2 is 2.07 bits per heavy atom. The van der Waals surface area contributed by atoms with Crippen molar-refractivity contribution >= 4 is 17.3 Å². The molecule has 0 saturated heterocycles. The number of benzene rings is 2. The van der Waals surface area contributed by atoms with Crippen molar-refractivity contribution in [2.24, 2.45) is 4.99 Å². The fourth-order valence-corrected chi connectivity index (χ4v) is 3.87. The van der Waals surface area contributed by atoms with Gasteiger partial charge in [0.15, 0.2) is 0 Å². The number of likely N-dealkylation sites (N-methyl/N-ethyl adjacent to an activating group) is 1. The average molecular weight is 405 g/mol. The van der Waals surface area contributed by atoms with Gasteiger partial charge in [-0.2, -0.15) is 0 Å². The molecule has 30 heavy (non-hydrogen) atoms. The number of hydrogen-bond donors (Lipinski definition) is 3. The van der Waals surface area contributed by atoms with Crippen LogP contribution in [0.1, 0.15) is 34.8 Å². The van der Waals surface area contributed by atoms with Crippen molar-refractivity contribution in [2.45, 2.75) is 25.8 Å². The predicted molar refractivity (Wildman–Crippen MR) is 121 cm³/mol. The molecule has 1 aliphatic rings. The van der Waals surface area contributed by atoms with E-state index in [0.29, 0.717) is 6.54 Å². The molecule has 1 aliphatic heterocycles. The van der Waals surface area contributed by atoms with Crippen LogP contribution in [-0.4, -0.2) is 41.5 Å². The number of phenolic OH excluding ortho intramolecular Hbond substituents is 2. The van der Waals surface area contributed by atoms with Crippen LogP contribution in [0, 0.1) is 0 Å². The zero-order valence-electron chi connectivity index (χ0n) is 17.4. The molecule has 6 heteroatoms. The third-order valence-corrected chi connectivity index (χ3v) is 5.22. The number of nitrogens with one attached hydrogen (secondary N) is 1. The smallest absolute Gasteiger partial charge is 0.262 e. The van der Waals surface area contributed by atoms with Gasteiger partial charge in [-0.25, -0.2) is 0 Å². The van der Waals surface area contributed by atoms with Crippen LogP contribution in [0.15, 0.2) is 66.3 Å². The molecule has 0 saturated carbocycles. The van der Waals surface area contributed by atoms with E-state index in [1.807, 2.05) is 32.2 Å². The molecule has 0 bridgehead atoms. The molecule has 0 radical (unpaired) electrons. The summed E-state index contributed by atoms with van der Waals surface area (Å²) in [5, 5.41) is 23.0. The molecular formula is C24H27N3O3. The van der Waals surface area contributed by atoms with Gasteiger partial charge in [-0.1, -0.05) is 19.2 Å². The summed E-state index contributed by atoms with van der Waals surface area (Å²) in [6, 6.07) is 9.85. The summed E-state index contributed by atoms with van der Waals surface area (Å²) in [6.07, 6.45) is 3.09. The molecule has 1 unspecified atom stereocenters. The minimum Gasteiger partial charge on any atom is -0.508 e. The van der Waals surface area contributed by atoms with Crippen molar-refractivity contribution in [3.63, 3.8) is 0 Å². The number of amides is 1. The summed E-state index contributed by atoms with van der Waals surface area (Å²) in [7, 11) is 1.85. The molecule has 6 nitrogen and oxygen atoms in total. The van der Waals surface area contributed by atoms with Gasteiger partial charge in [0.25, 0.3) is 5.91 Å². The summed E-state index contributed by atoms with van der Waals surface area (Å²) in [6.45, 7) is 10.2. The Bertz CT molecular complexity index is 1030. The second-order valence-electron chi connectivity index (χ2n) is 7.41. The van der Waals surface area contributed by atoms with E-state index in [9.17, 15) is 15.0 Å². The maximum absolute atomic E-state index is 13.4. The number of phenols is 2. The number of aromatic hydroxyl groups is 2. The van der Waals surface area contributed by atoms with Crippen molar-refractivity contribution in [3.05, 3.63) is 78.0 Å². The van der Waals surface area contributed by atoms with E-state index in [-0.39, 0.29) is 29.0 Å². The molecule has 1 atom stereocenters. The van der Waals surface area contributed by atoms with Crippen LogP contribution in [0.3, 0.4) is 0 Å². The summed E-state index contributed by atoms with van der Waals surface area (Å²) in [4.78, 5) is 19.5. The van der Waals surface area contributed by atoms with Crippen LogP contribution < -0.4 is 10.2 Å². The van der Waals surface area contributed by atoms with Gasteiger partial charge < -0.3 is 20.4 Å².